The van der Waals surface area contributed by atoms with E-state index in [1.54, 1.807) is 25.1 Å². The van der Waals surface area contributed by atoms with Gasteiger partial charge in [0.05, 0.1) is 6.07 Å². The number of nitrogens with zero attached hydrogens (tertiary/aromatic N) is 1. The van der Waals surface area contributed by atoms with Crippen molar-refractivity contribution in [2.75, 3.05) is 0 Å². The van der Waals surface area contributed by atoms with E-state index < -0.39 is 17.9 Å². The highest BCUT2D eigenvalue weighted by atomic mass is 79.9. The van der Waals surface area contributed by atoms with E-state index in [0.717, 1.165) is 8.95 Å². The minimum absolute atomic E-state index is 0.187. The maximum absolute atomic E-state index is 12.1. The molecular formula is C13H13Br2N3O2. The minimum Gasteiger partial charge on any atom is -0.368 e. The lowest BCUT2D eigenvalue weighted by Gasteiger charge is -2.16. The van der Waals surface area contributed by atoms with Crippen molar-refractivity contribution in [3.8, 4) is 6.07 Å². The summed E-state index contributed by atoms with van der Waals surface area (Å²) in [4.78, 5) is 23.4. The third-order valence-corrected chi connectivity index (χ3v) is 3.50. The Morgan fingerprint density at radius 1 is 1.35 bits per heavy atom. The van der Waals surface area contributed by atoms with Crippen LogP contribution in [0.2, 0.25) is 0 Å². The molecule has 106 valence electrons. The third-order valence-electron chi connectivity index (χ3n) is 2.58. The zero-order valence-electron chi connectivity index (χ0n) is 10.7. The SMILES string of the molecule is C[C@@H](C#N)C[C@@H](NC(=O)c1cc(Br)cc(Br)c1)C(N)=O. The zero-order valence-corrected chi connectivity index (χ0v) is 13.9. The van der Waals surface area contributed by atoms with Crippen molar-refractivity contribution in [3.63, 3.8) is 0 Å². The molecule has 2 atom stereocenters. The van der Waals surface area contributed by atoms with Gasteiger partial charge in [0.1, 0.15) is 6.04 Å². The van der Waals surface area contributed by atoms with Gasteiger partial charge in [0.25, 0.3) is 5.91 Å². The third kappa shape index (κ3) is 4.94. The first-order chi connectivity index (χ1) is 9.33. The molecular weight excluding hydrogens is 390 g/mol. The van der Waals surface area contributed by atoms with Crippen molar-refractivity contribution in [1.29, 1.82) is 5.26 Å². The van der Waals surface area contributed by atoms with Crippen LogP contribution in [0.3, 0.4) is 0 Å². The standard InChI is InChI=1S/C13H13Br2N3O2/c1-7(6-16)2-11(12(17)19)18-13(20)8-3-9(14)5-10(15)4-8/h3-5,7,11H,2H2,1H3,(H2,17,19)(H,18,20)/t7-,11-/m1/s1. The van der Waals surface area contributed by atoms with Crippen LogP contribution in [0.15, 0.2) is 27.1 Å². The highest BCUT2D eigenvalue weighted by Gasteiger charge is 2.21. The Labute approximate surface area is 133 Å². The average Bonchev–Trinajstić information content (AvgIpc) is 2.36. The second-order valence-corrected chi connectivity index (χ2v) is 6.18. The maximum Gasteiger partial charge on any atom is 0.252 e. The molecule has 1 aromatic carbocycles. The normalized spacial score (nSPS) is 13.1. The van der Waals surface area contributed by atoms with Gasteiger partial charge in [-0.1, -0.05) is 31.9 Å². The molecule has 0 radical (unpaired) electrons. The van der Waals surface area contributed by atoms with E-state index in [1.165, 1.54) is 0 Å². The van der Waals surface area contributed by atoms with Gasteiger partial charge in [-0.25, -0.2) is 0 Å². The Bertz CT molecular complexity index is 549. The molecule has 0 bridgehead atoms. The average molecular weight is 403 g/mol. The summed E-state index contributed by atoms with van der Waals surface area (Å²) in [5.41, 5.74) is 5.64. The summed E-state index contributed by atoms with van der Waals surface area (Å²) < 4.78 is 1.47. The van der Waals surface area contributed by atoms with Crippen LogP contribution in [-0.2, 0) is 4.79 Å². The minimum atomic E-state index is -0.866. The molecule has 0 fully saturated rings. The van der Waals surface area contributed by atoms with Crippen LogP contribution >= 0.6 is 31.9 Å². The van der Waals surface area contributed by atoms with Gasteiger partial charge in [0.15, 0.2) is 0 Å². The Hall–Kier alpha value is -1.39. The fourth-order valence-electron chi connectivity index (χ4n) is 1.58. The number of carbonyl (C=O) groups excluding carboxylic acids is 2. The van der Waals surface area contributed by atoms with Gasteiger partial charge >= 0.3 is 0 Å². The summed E-state index contributed by atoms with van der Waals surface area (Å²) in [6, 6.07) is 6.20. The fourth-order valence-corrected chi connectivity index (χ4v) is 2.87. The highest BCUT2D eigenvalue weighted by Crippen LogP contribution is 2.20. The number of halogens is 2. The van der Waals surface area contributed by atoms with E-state index in [-0.39, 0.29) is 12.3 Å². The maximum atomic E-state index is 12.1. The summed E-state index contributed by atoms with van der Waals surface area (Å²) in [5, 5.41) is 11.3. The summed E-state index contributed by atoms with van der Waals surface area (Å²) >= 11 is 6.57. The predicted molar refractivity (Wildman–Crippen MR) is 81.7 cm³/mol. The lowest BCUT2D eigenvalue weighted by molar-refractivity contribution is -0.120. The Morgan fingerprint density at radius 2 is 1.90 bits per heavy atom. The van der Waals surface area contributed by atoms with Gasteiger partial charge in [0, 0.05) is 20.4 Å². The Kier molecular flexibility index (Phi) is 6.17. The number of nitrogens with one attached hydrogen (secondary N) is 1. The van der Waals surface area contributed by atoms with Crippen LogP contribution in [-0.4, -0.2) is 17.9 Å². The number of amides is 2. The molecule has 7 heteroatoms. The molecule has 0 aliphatic rings. The molecule has 0 unspecified atom stereocenters. The quantitative estimate of drug-likeness (QED) is 0.790. The van der Waals surface area contributed by atoms with Crippen molar-refractivity contribution in [3.05, 3.63) is 32.7 Å². The first-order valence-corrected chi connectivity index (χ1v) is 7.38. The molecule has 0 saturated carbocycles. The zero-order chi connectivity index (χ0) is 15.3. The van der Waals surface area contributed by atoms with E-state index in [0.29, 0.717) is 5.56 Å². The molecule has 3 N–H and O–H groups in total. The molecule has 0 heterocycles. The number of hydrogen-bond donors (Lipinski definition) is 2. The van der Waals surface area contributed by atoms with E-state index in [9.17, 15) is 9.59 Å². The number of primary amides is 1. The fraction of sp³-hybridized carbons (Fsp3) is 0.308. The number of nitriles is 1. The van der Waals surface area contributed by atoms with Crippen LogP contribution in [0.5, 0.6) is 0 Å². The molecule has 0 aromatic heterocycles. The van der Waals surface area contributed by atoms with Crippen molar-refractivity contribution in [2.24, 2.45) is 11.7 Å². The number of benzene rings is 1. The summed E-state index contributed by atoms with van der Waals surface area (Å²) in [5.74, 6) is -1.45. The number of nitrogens with two attached hydrogens (primary N) is 1. The van der Waals surface area contributed by atoms with Gasteiger partial charge in [-0.05, 0) is 31.5 Å². The number of hydrogen-bond acceptors (Lipinski definition) is 3. The van der Waals surface area contributed by atoms with Gasteiger partial charge in [-0.2, -0.15) is 5.26 Å². The molecule has 20 heavy (non-hydrogen) atoms. The lowest BCUT2D eigenvalue weighted by Crippen LogP contribution is -2.45. The highest BCUT2D eigenvalue weighted by molar-refractivity contribution is 9.11. The van der Waals surface area contributed by atoms with Gasteiger partial charge in [0.2, 0.25) is 5.91 Å². The monoisotopic (exact) mass is 401 g/mol. The van der Waals surface area contributed by atoms with Crippen LogP contribution in [0.4, 0.5) is 0 Å². The van der Waals surface area contributed by atoms with Crippen LogP contribution in [0.25, 0.3) is 0 Å². The Balaban J connectivity index is 2.86. The van der Waals surface area contributed by atoms with Crippen molar-refractivity contribution < 1.29 is 9.59 Å². The Morgan fingerprint density at radius 3 is 2.35 bits per heavy atom. The number of carbonyl (C=O) groups is 2. The van der Waals surface area contributed by atoms with Gasteiger partial charge in [-0.3, -0.25) is 9.59 Å². The molecule has 1 aromatic rings. The molecule has 0 saturated heterocycles. The van der Waals surface area contributed by atoms with Gasteiger partial charge < -0.3 is 11.1 Å². The molecule has 1 rings (SSSR count). The van der Waals surface area contributed by atoms with E-state index in [1.807, 2.05) is 6.07 Å². The molecule has 0 aliphatic carbocycles. The smallest absolute Gasteiger partial charge is 0.252 e. The van der Waals surface area contributed by atoms with Crippen LogP contribution in [0, 0.1) is 17.2 Å². The van der Waals surface area contributed by atoms with Crippen molar-refractivity contribution >= 4 is 43.7 Å². The topological polar surface area (TPSA) is 96.0 Å². The van der Waals surface area contributed by atoms with Crippen LogP contribution in [0.1, 0.15) is 23.7 Å². The second-order valence-electron chi connectivity index (χ2n) is 4.35. The first kappa shape index (κ1) is 16.7. The first-order valence-electron chi connectivity index (χ1n) is 5.79. The molecule has 2 amide bonds. The van der Waals surface area contributed by atoms with E-state index in [4.69, 9.17) is 11.0 Å². The van der Waals surface area contributed by atoms with E-state index in [2.05, 4.69) is 37.2 Å². The van der Waals surface area contributed by atoms with Gasteiger partial charge in [-0.15, -0.1) is 0 Å². The second kappa shape index (κ2) is 7.41. The van der Waals surface area contributed by atoms with Crippen molar-refractivity contribution in [2.45, 2.75) is 19.4 Å². The molecule has 0 aliphatic heterocycles. The van der Waals surface area contributed by atoms with Crippen LogP contribution < -0.4 is 11.1 Å². The summed E-state index contributed by atoms with van der Waals surface area (Å²) in [6.07, 6.45) is 0.187. The number of rotatable bonds is 5. The largest absolute Gasteiger partial charge is 0.368 e. The van der Waals surface area contributed by atoms with Crippen molar-refractivity contribution in [1.82, 2.24) is 5.32 Å². The summed E-state index contributed by atoms with van der Waals surface area (Å²) in [7, 11) is 0. The molecule has 0 spiro atoms. The van der Waals surface area contributed by atoms with E-state index >= 15 is 0 Å². The summed E-state index contributed by atoms with van der Waals surface area (Å²) in [6.45, 7) is 1.66. The predicted octanol–water partition coefficient (Wildman–Crippen LogP) is 2.35. The molecule has 5 nitrogen and oxygen atoms in total. The lowest BCUT2D eigenvalue weighted by atomic mass is 10.0.